The number of ether oxygens (including phenoxy) is 1. The fourth-order valence-electron chi connectivity index (χ4n) is 1.51. The summed E-state index contributed by atoms with van der Waals surface area (Å²) >= 11 is 17.8. The number of hydrogen-bond donors (Lipinski definition) is 0. The average Bonchev–Trinajstić information content (AvgIpc) is 2.32. The summed E-state index contributed by atoms with van der Waals surface area (Å²) in [5.41, 5.74) is 1.70. The first kappa shape index (κ1) is 12.5. The lowest BCUT2D eigenvalue weighted by molar-refractivity contribution is 0.415. The van der Waals surface area contributed by atoms with Gasteiger partial charge >= 0.3 is 0 Å². The Morgan fingerprint density at radius 2 is 1.82 bits per heavy atom. The second-order valence-electron chi connectivity index (χ2n) is 3.31. The van der Waals surface area contributed by atoms with Crippen LogP contribution >= 0.6 is 34.8 Å². The van der Waals surface area contributed by atoms with Crippen LogP contribution in [0.15, 0.2) is 30.5 Å². The number of aromatic nitrogens is 1. The molecule has 0 fully saturated rings. The molecule has 0 saturated carbocycles. The van der Waals surface area contributed by atoms with Crippen molar-refractivity contribution in [1.29, 1.82) is 0 Å². The number of methoxy groups -OCH3 is 1. The van der Waals surface area contributed by atoms with Gasteiger partial charge in [-0.15, -0.1) is 0 Å². The molecule has 0 amide bonds. The molecule has 0 radical (unpaired) electrons. The Hall–Kier alpha value is -0.960. The third kappa shape index (κ3) is 2.49. The lowest BCUT2D eigenvalue weighted by Gasteiger charge is -2.10. The summed E-state index contributed by atoms with van der Waals surface area (Å²) in [6, 6.07) is 7.15. The summed E-state index contributed by atoms with van der Waals surface area (Å²) in [6.45, 7) is 0. The van der Waals surface area contributed by atoms with Gasteiger partial charge in [-0.2, -0.15) is 0 Å². The monoisotopic (exact) mass is 287 g/mol. The zero-order chi connectivity index (χ0) is 12.4. The van der Waals surface area contributed by atoms with E-state index >= 15 is 0 Å². The fraction of sp³-hybridized carbons (Fsp3) is 0.0833. The van der Waals surface area contributed by atoms with E-state index < -0.39 is 0 Å². The number of benzene rings is 1. The van der Waals surface area contributed by atoms with Gasteiger partial charge in [0.2, 0.25) is 0 Å². The largest absolute Gasteiger partial charge is 0.493 e. The highest BCUT2D eigenvalue weighted by atomic mass is 35.5. The van der Waals surface area contributed by atoms with E-state index in [2.05, 4.69) is 4.98 Å². The van der Waals surface area contributed by atoms with Crippen LogP contribution in [0.3, 0.4) is 0 Å². The third-order valence-corrected chi connectivity index (χ3v) is 3.30. The molecule has 1 aromatic carbocycles. The van der Waals surface area contributed by atoms with Crippen molar-refractivity contribution in [2.24, 2.45) is 0 Å². The third-order valence-electron chi connectivity index (χ3n) is 2.30. The molecule has 0 aliphatic rings. The van der Waals surface area contributed by atoms with Gasteiger partial charge < -0.3 is 4.74 Å². The van der Waals surface area contributed by atoms with Crippen molar-refractivity contribution in [3.63, 3.8) is 0 Å². The SMILES string of the molecule is COc1c(-c2ccc(Cl)c(Cl)c2)ccnc1Cl. The molecule has 1 aromatic heterocycles. The van der Waals surface area contributed by atoms with Gasteiger partial charge in [-0.05, 0) is 23.8 Å². The van der Waals surface area contributed by atoms with Crippen LogP contribution in [0, 0.1) is 0 Å². The van der Waals surface area contributed by atoms with Crippen molar-refractivity contribution >= 4 is 34.8 Å². The zero-order valence-electron chi connectivity index (χ0n) is 8.88. The first-order valence-electron chi connectivity index (χ1n) is 4.77. The molecule has 2 aromatic rings. The second kappa shape index (κ2) is 5.13. The van der Waals surface area contributed by atoms with Crippen molar-refractivity contribution in [1.82, 2.24) is 4.98 Å². The first-order chi connectivity index (χ1) is 8.13. The maximum atomic E-state index is 5.98. The van der Waals surface area contributed by atoms with Gasteiger partial charge in [0.25, 0.3) is 0 Å². The van der Waals surface area contributed by atoms with Gasteiger partial charge in [-0.3, -0.25) is 0 Å². The molecule has 2 nitrogen and oxygen atoms in total. The topological polar surface area (TPSA) is 22.1 Å². The molecule has 17 heavy (non-hydrogen) atoms. The van der Waals surface area contributed by atoms with E-state index in [0.29, 0.717) is 20.9 Å². The average molecular weight is 289 g/mol. The normalized spacial score (nSPS) is 10.4. The van der Waals surface area contributed by atoms with Crippen LogP contribution in [0.25, 0.3) is 11.1 Å². The zero-order valence-corrected chi connectivity index (χ0v) is 11.1. The minimum absolute atomic E-state index is 0.316. The quantitative estimate of drug-likeness (QED) is 0.746. The van der Waals surface area contributed by atoms with E-state index in [4.69, 9.17) is 39.5 Å². The molecule has 0 unspecified atom stereocenters. The lowest BCUT2D eigenvalue weighted by Crippen LogP contribution is -1.91. The lowest BCUT2D eigenvalue weighted by atomic mass is 10.1. The molecular formula is C12H8Cl3NO. The summed E-state index contributed by atoms with van der Waals surface area (Å²) < 4.78 is 5.23. The standard InChI is InChI=1S/C12H8Cl3NO/c1-17-11-8(4-5-16-12(11)15)7-2-3-9(13)10(14)6-7/h2-6H,1H3. The van der Waals surface area contributed by atoms with Gasteiger partial charge in [0.1, 0.15) is 0 Å². The molecule has 0 bridgehead atoms. The van der Waals surface area contributed by atoms with E-state index in [1.165, 1.54) is 0 Å². The van der Waals surface area contributed by atoms with E-state index in [1.54, 1.807) is 25.4 Å². The number of nitrogens with zero attached hydrogens (tertiary/aromatic N) is 1. The van der Waals surface area contributed by atoms with Crippen LogP contribution in [-0.2, 0) is 0 Å². The molecule has 2 rings (SSSR count). The van der Waals surface area contributed by atoms with Crippen LogP contribution in [0.2, 0.25) is 15.2 Å². The molecule has 1 heterocycles. The number of halogens is 3. The summed E-state index contributed by atoms with van der Waals surface area (Å²) in [7, 11) is 1.55. The maximum absolute atomic E-state index is 5.98. The molecule has 88 valence electrons. The molecule has 0 spiro atoms. The number of hydrogen-bond acceptors (Lipinski definition) is 2. The Bertz CT molecular complexity index is 557. The number of rotatable bonds is 2. The second-order valence-corrected chi connectivity index (χ2v) is 4.48. The van der Waals surface area contributed by atoms with Crippen LogP contribution in [0.1, 0.15) is 0 Å². The Morgan fingerprint density at radius 1 is 1.06 bits per heavy atom. The predicted molar refractivity (Wildman–Crippen MR) is 71.3 cm³/mol. The molecule has 0 saturated heterocycles. The first-order valence-corrected chi connectivity index (χ1v) is 5.91. The molecule has 5 heteroatoms. The molecule has 0 N–H and O–H groups in total. The van der Waals surface area contributed by atoms with Crippen LogP contribution in [0.4, 0.5) is 0 Å². The molecule has 0 aliphatic carbocycles. The highest BCUT2D eigenvalue weighted by Crippen LogP contribution is 2.36. The summed E-state index contributed by atoms with van der Waals surface area (Å²) in [5.74, 6) is 0.521. The van der Waals surface area contributed by atoms with Gasteiger partial charge in [-0.1, -0.05) is 40.9 Å². The minimum Gasteiger partial charge on any atom is -0.493 e. The van der Waals surface area contributed by atoms with Crippen LogP contribution in [-0.4, -0.2) is 12.1 Å². The van der Waals surface area contributed by atoms with Crippen LogP contribution < -0.4 is 4.74 Å². The predicted octanol–water partition coefficient (Wildman–Crippen LogP) is 4.72. The smallest absolute Gasteiger partial charge is 0.171 e. The van der Waals surface area contributed by atoms with E-state index in [-0.39, 0.29) is 0 Å². The van der Waals surface area contributed by atoms with Crippen molar-refractivity contribution in [2.75, 3.05) is 7.11 Å². The summed E-state index contributed by atoms with van der Waals surface area (Å²) in [4.78, 5) is 3.96. The number of pyridine rings is 1. The Balaban J connectivity index is 2.60. The molecular weight excluding hydrogens is 280 g/mol. The van der Waals surface area contributed by atoms with E-state index in [1.807, 2.05) is 12.1 Å². The Morgan fingerprint density at radius 3 is 2.47 bits per heavy atom. The van der Waals surface area contributed by atoms with Gasteiger partial charge in [-0.25, -0.2) is 4.98 Å². The van der Waals surface area contributed by atoms with Crippen LogP contribution in [0.5, 0.6) is 5.75 Å². The van der Waals surface area contributed by atoms with Gasteiger partial charge in [0, 0.05) is 11.8 Å². The van der Waals surface area contributed by atoms with Gasteiger partial charge in [0.05, 0.1) is 17.2 Å². The minimum atomic E-state index is 0.316. The Labute approximate surface area is 114 Å². The van der Waals surface area contributed by atoms with E-state index in [0.717, 1.165) is 11.1 Å². The van der Waals surface area contributed by atoms with Gasteiger partial charge in [0.15, 0.2) is 10.9 Å². The fourth-order valence-corrected chi connectivity index (χ4v) is 2.04. The highest BCUT2D eigenvalue weighted by Gasteiger charge is 2.11. The highest BCUT2D eigenvalue weighted by molar-refractivity contribution is 6.42. The summed E-state index contributed by atoms with van der Waals surface area (Å²) in [6.07, 6.45) is 1.61. The molecule has 0 aliphatic heterocycles. The van der Waals surface area contributed by atoms with E-state index in [9.17, 15) is 0 Å². The Kier molecular flexibility index (Phi) is 3.77. The molecule has 0 atom stereocenters. The maximum Gasteiger partial charge on any atom is 0.171 e. The summed E-state index contributed by atoms with van der Waals surface area (Å²) in [5, 5.41) is 1.31. The van der Waals surface area contributed by atoms with Crippen molar-refractivity contribution in [3.8, 4) is 16.9 Å². The van der Waals surface area contributed by atoms with Crippen molar-refractivity contribution < 1.29 is 4.74 Å². The van der Waals surface area contributed by atoms with Crippen molar-refractivity contribution in [2.45, 2.75) is 0 Å². The van der Waals surface area contributed by atoms with Crippen molar-refractivity contribution in [3.05, 3.63) is 45.7 Å².